The minimum absolute atomic E-state index is 0.0298. The van der Waals surface area contributed by atoms with Gasteiger partial charge in [-0.05, 0) is 12.8 Å². The fraction of sp³-hybridized carbons (Fsp3) is 0.769. The van der Waals surface area contributed by atoms with E-state index in [1.807, 2.05) is 0 Å². The van der Waals surface area contributed by atoms with Gasteiger partial charge in [0.05, 0.1) is 6.61 Å². The van der Waals surface area contributed by atoms with Gasteiger partial charge in [0.15, 0.2) is 5.79 Å². The maximum atomic E-state index is 11.9. The first kappa shape index (κ1) is 13.1. The molecule has 6 nitrogen and oxygen atoms in total. The number of rotatable bonds is 4. The van der Waals surface area contributed by atoms with Crippen molar-refractivity contribution in [2.24, 2.45) is 5.92 Å². The number of cyclic esters (lactones) is 1. The summed E-state index contributed by atoms with van der Waals surface area (Å²) in [6.45, 7) is 3.75. The summed E-state index contributed by atoms with van der Waals surface area (Å²) in [6, 6.07) is 0. The van der Waals surface area contributed by atoms with E-state index in [1.54, 1.807) is 6.08 Å². The molecule has 3 saturated heterocycles. The van der Waals surface area contributed by atoms with Gasteiger partial charge in [-0.25, -0.2) is 0 Å². The molecule has 5 atom stereocenters. The Labute approximate surface area is 111 Å². The zero-order chi connectivity index (χ0) is 13.7. The van der Waals surface area contributed by atoms with E-state index in [2.05, 4.69) is 6.58 Å². The number of carbonyl (C=O) groups excluding carboxylic acids is 1. The van der Waals surface area contributed by atoms with Crippen LogP contribution in [0.2, 0.25) is 0 Å². The van der Waals surface area contributed by atoms with E-state index in [1.165, 1.54) is 0 Å². The molecule has 0 saturated carbocycles. The number of hydrogen-bond acceptors (Lipinski definition) is 6. The summed E-state index contributed by atoms with van der Waals surface area (Å²) in [5.74, 6) is -3.02. The van der Waals surface area contributed by atoms with Crippen LogP contribution in [0.25, 0.3) is 0 Å². The molecule has 0 aromatic rings. The minimum atomic E-state index is -1.62. The first-order valence-corrected chi connectivity index (χ1v) is 6.53. The first-order chi connectivity index (χ1) is 9.03. The lowest BCUT2D eigenvalue weighted by Gasteiger charge is -2.28. The lowest BCUT2D eigenvalue weighted by Crippen LogP contribution is -2.47. The van der Waals surface area contributed by atoms with Gasteiger partial charge in [-0.1, -0.05) is 6.08 Å². The van der Waals surface area contributed by atoms with Gasteiger partial charge in [0.2, 0.25) is 0 Å². The SMILES string of the molecule is C=CCCC[C@@]1(O)O[C@H]2[C@H](O)CO[C@]23COC(=O)[C@@H]31. The molecule has 0 unspecified atom stereocenters. The van der Waals surface area contributed by atoms with E-state index in [-0.39, 0.29) is 19.6 Å². The zero-order valence-electron chi connectivity index (χ0n) is 10.6. The molecule has 1 spiro atoms. The molecular weight excluding hydrogens is 252 g/mol. The average Bonchev–Trinajstić information content (AvgIpc) is 2.94. The Bertz CT molecular complexity index is 410. The van der Waals surface area contributed by atoms with Crippen molar-refractivity contribution in [2.75, 3.05) is 13.2 Å². The van der Waals surface area contributed by atoms with Crippen LogP contribution < -0.4 is 0 Å². The second-order valence-electron chi connectivity index (χ2n) is 5.44. The molecule has 0 radical (unpaired) electrons. The van der Waals surface area contributed by atoms with E-state index < -0.39 is 35.5 Å². The third kappa shape index (κ3) is 1.67. The highest BCUT2D eigenvalue weighted by atomic mass is 16.7. The van der Waals surface area contributed by atoms with Crippen molar-refractivity contribution in [3.63, 3.8) is 0 Å². The highest BCUT2D eigenvalue weighted by Gasteiger charge is 2.75. The van der Waals surface area contributed by atoms with E-state index in [0.717, 1.165) is 0 Å². The summed E-state index contributed by atoms with van der Waals surface area (Å²) >= 11 is 0. The number of unbranched alkanes of at least 4 members (excludes halogenated alkanes) is 1. The fourth-order valence-corrected chi connectivity index (χ4v) is 3.39. The van der Waals surface area contributed by atoms with E-state index in [4.69, 9.17) is 14.2 Å². The third-order valence-corrected chi connectivity index (χ3v) is 4.24. The van der Waals surface area contributed by atoms with Crippen molar-refractivity contribution in [1.82, 2.24) is 0 Å². The molecule has 3 aliphatic heterocycles. The quantitative estimate of drug-likeness (QED) is 0.416. The van der Waals surface area contributed by atoms with Crippen molar-refractivity contribution in [3.05, 3.63) is 12.7 Å². The number of aliphatic hydroxyl groups excluding tert-OH is 1. The minimum Gasteiger partial charge on any atom is -0.462 e. The average molecular weight is 270 g/mol. The van der Waals surface area contributed by atoms with Gasteiger partial charge >= 0.3 is 5.97 Å². The molecule has 0 amide bonds. The van der Waals surface area contributed by atoms with Crippen LogP contribution >= 0.6 is 0 Å². The number of allylic oxidation sites excluding steroid dienone is 1. The molecule has 0 aromatic heterocycles. The van der Waals surface area contributed by atoms with Crippen LogP contribution in [0.3, 0.4) is 0 Å². The number of carbonyl (C=O) groups is 1. The fourth-order valence-electron chi connectivity index (χ4n) is 3.39. The zero-order valence-corrected chi connectivity index (χ0v) is 10.6. The van der Waals surface area contributed by atoms with Crippen LogP contribution in [0.5, 0.6) is 0 Å². The van der Waals surface area contributed by atoms with Gasteiger partial charge in [-0.3, -0.25) is 4.79 Å². The number of hydrogen-bond donors (Lipinski definition) is 2. The van der Waals surface area contributed by atoms with E-state index in [0.29, 0.717) is 12.8 Å². The largest absolute Gasteiger partial charge is 0.462 e. The maximum absolute atomic E-state index is 11.9. The molecule has 3 fully saturated rings. The number of esters is 1. The van der Waals surface area contributed by atoms with Crippen molar-refractivity contribution < 1.29 is 29.2 Å². The second kappa shape index (κ2) is 4.28. The smallest absolute Gasteiger partial charge is 0.317 e. The summed E-state index contributed by atoms with van der Waals surface area (Å²) in [4.78, 5) is 11.9. The standard InChI is InChI=1S/C13H18O6/c1-2-3-4-5-13(16)9-11(15)17-7-12(9)10(19-13)8(14)6-18-12/h2,8-10,14,16H,1,3-7H2/t8-,9+,10+,12+,13-/m1/s1. The van der Waals surface area contributed by atoms with Gasteiger partial charge < -0.3 is 24.4 Å². The number of aliphatic hydroxyl groups is 2. The van der Waals surface area contributed by atoms with Crippen molar-refractivity contribution in [1.29, 1.82) is 0 Å². The van der Waals surface area contributed by atoms with E-state index >= 15 is 0 Å². The van der Waals surface area contributed by atoms with Crippen molar-refractivity contribution in [2.45, 2.75) is 42.9 Å². The van der Waals surface area contributed by atoms with Crippen molar-refractivity contribution in [3.8, 4) is 0 Å². The Morgan fingerprint density at radius 1 is 1.53 bits per heavy atom. The van der Waals surface area contributed by atoms with Gasteiger partial charge in [-0.15, -0.1) is 6.58 Å². The topological polar surface area (TPSA) is 85.2 Å². The van der Waals surface area contributed by atoms with Crippen LogP contribution in [-0.2, 0) is 19.0 Å². The summed E-state index contributed by atoms with van der Waals surface area (Å²) in [5, 5.41) is 20.5. The van der Waals surface area contributed by atoms with Crippen LogP contribution in [-0.4, -0.2) is 53.0 Å². The lowest BCUT2D eigenvalue weighted by atomic mass is 9.81. The molecule has 0 aromatic carbocycles. The Morgan fingerprint density at radius 3 is 3.05 bits per heavy atom. The predicted molar refractivity (Wildman–Crippen MR) is 63.0 cm³/mol. The second-order valence-corrected chi connectivity index (χ2v) is 5.44. The van der Waals surface area contributed by atoms with Gasteiger partial charge in [0.25, 0.3) is 0 Å². The highest BCUT2D eigenvalue weighted by molar-refractivity contribution is 5.78. The molecular formula is C13H18O6. The molecule has 3 heterocycles. The Morgan fingerprint density at radius 2 is 2.32 bits per heavy atom. The van der Waals surface area contributed by atoms with Crippen LogP contribution in [0.4, 0.5) is 0 Å². The summed E-state index contributed by atoms with van der Waals surface area (Å²) in [6.07, 6.45) is 1.83. The van der Waals surface area contributed by atoms with E-state index in [9.17, 15) is 15.0 Å². The normalized spacial score (nSPS) is 47.9. The molecule has 0 aliphatic carbocycles. The maximum Gasteiger partial charge on any atom is 0.317 e. The van der Waals surface area contributed by atoms with Gasteiger partial charge in [0.1, 0.15) is 30.3 Å². The summed E-state index contributed by atoms with van der Waals surface area (Å²) in [7, 11) is 0. The summed E-state index contributed by atoms with van der Waals surface area (Å²) in [5.41, 5.74) is -1.03. The Kier molecular flexibility index (Phi) is 2.94. The molecule has 2 N–H and O–H groups in total. The molecule has 19 heavy (non-hydrogen) atoms. The van der Waals surface area contributed by atoms with Gasteiger partial charge in [-0.2, -0.15) is 0 Å². The molecule has 6 heteroatoms. The Balaban J connectivity index is 1.87. The Hall–Kier alpha value is -0.950. The monoisotopic (exact) mass is 270 g/mol. The van der Waals surface area contributed by atoms with Crippen LogP contribution in [0.15, 0.2) is 12.7 Å². The highest BCUT2D eigenvalue weighted by Crippen LogP contribution is 2.54. The summed E-state index contributed by atoms with van der Waals surface area (Å²) < 4.78 is 16.2. The third-order valence-electron chi connectivity index (χ3n) is 4.24. The molecule has 3 aliphatic rings. The molecule has 3 rings (SSSR count). The molecule has 0 bridgehead atoms. The molecule has 106 valence electrons. The first-order valence-electron chi connectivity index (χ1n) is 6.53. The lowest BCUT2D eigenvalue weighted by molar-refractivity contribution is -0.231. The predicted octanol–water partition coefficient (Wildman–Crippen LogP) is -0.267. The number of ether oxygens (including phenoxy) is 3. The van der Waals surface area contributed by atoms with Crippen LogP contribution in [0.1, 0.15) is 19.3 Å². The van der Waals surface area contributed by atoms with Crippen molar-refractivity contribution >= 4 is 5.97 Å². The van der Waals surface area contributed by atoms with Crippen LogP contribution in [0, 0.1) is 5.92 Å². The van der Waals surface area contributed by atoms with Gasteiger partial charge in [0, 0.05) is 6.42 Å².